The zero-order chi connectivity index (χ0) is 15.4. The van der Waals surface area contributed by atoms with Crippen molar-refractivity contribution >= 4 is 16.0 Å². The molecule has 3 rings (SSSR count). The second kappa shape index (κ2) is 6.48. The lowest BCUT2D eigenvalue weighted by Gasteiger charge is -2.04. The molecule has 1 heterocycles. The van der Waals surface area contributed by atoms with Gasteiger partial charge in [-0.1, -0.05) is 48.3 Å². The summed E-state index contributed by atoms with van der Waals surface area (Å²) in [6.45, 7) is 0. The fourth-order valence-electron chi connectivity index (χ4n) is 2.80. The van der Waals surface area contributed by atoms with Gasteiger partial charge in [-0.3, -0.25) is 0 Å². The first-order valence-corrected chi connectivity index (χ1v) is 9.13. The van der Waals surface area contributed by atoms with Crippen LogP contribution in [0.3, 0.4) is 0 Å². The standard InChI is InChI=1S/C15H19N3O3S/c19-22(20,11-13-8-2-1-3-9-13)18-15-17-16-14(21-15)10-12-6-4-5-7-12/h1-3,8-9,12H,4-7,10-11H2,(H,17,18). The van der Waals surface area contributed by atoms with Crippen LogP contribution in [0.2, 0.25) is 0 Å². The van der Waals surface area contributed by atoms with Gasteiger partial charge in [0.15, 0.2) is 0 Å². The van der Waals surface area contributed by atoms with Crippen molar-refractivity contribution in [2.45, 2.75) is 37.9 Å². The molecule has 0 bridgehead atoms. The van der Waals surface area contributed by atoms with Crippen LogP contribution in [0, 0.1) is 5.92 Å². The van der Waals surface area contributed by atoms with Crippen LogP contribution in [0.15, 0.2) is 34.7 Å². The van der Waals surface area contributed by atoms with Crippen LogP contribution in [0.25, 0.3) is 0 Å². The van der Waals surface area contributed by atoms with Crippen LogP contribution in [0.5, 0.6) is 0 Å². The summed E-state index contributed by atoms with van der Waals surface area (Å²) in [6.07, 6.45) is 5.58. The predicted molar refractivity (Wildman–Crippen MR) is 82.6 cm³/mol. The maximum absolute atomic E-state index is 12.1. The monoisotopic (exact) mass is 321 g/mol. The summed E-state index contributed by atoms with van der Waals surface area (Å²) in [4.78, 5) is 0. The molecular weight excluding hydrogens is 302 g/mol. The molecule has 0 spiro atoms. The van der Waals surface area contributed by atoms with Crippen LogP contribution in [0.4, 0.5) is 6.01 Å². The van der Waals surface area contributed by atoms with Crippen molar-refractivity contribution in [2.75, 3.05) is 4.72 Å². The highest BCUT2D eigenvalue weighted by Gasteiger charge is 2.20. The summed E-state index contributed by atoms with van der Waals surface area (Å²) in [6, 6.07) is 8.92. The van der Waals surface area contributed by atoms with Gasteiger partial charge in [-0.25, -0.2) is 13.1 Å². The van der Waals surface area contributed by atoms with E-state index in [4.69, 9.17) is 4.42 Å². The fraction of sp³-hybridized carbons (Fsp3) is 0.467. The van der Waals surface area contributed by atoms with Crippen LogP contribution >= 0.6 is 0 Å². The summed E-state index contributed by atoms with van der Waals surface area (Å²) < 4.78 is 31.9. The van der Waals surface area contributed by atoms with E-state index in [9.17, 15) is 8.42 Å². The van der Waals surface area contributed by atoms with E-state index in [2.05, 4.69) is 14.9 Å². The maximum atomic E-state index is 12.1. The first-order chi connectivity index (χ1) is 10.6. The van der Waals surface area contributed by atoms with E-state index in [0.717, 1.165) is 6.42 Å². The van der Waals surface area contributed by atoms with Crippen molar-refractivity contribution < 1.29 is 12.8 Å². The normalized spacial score (nSPS) is 16.0. The third-order valence-corrected chi connectivity index (χ3v) is 5.05. The Bertz CT molecular complexity index is 707. The Morgan fingerprint density at radius 3 is 2.59 bits per heavy atom. The molecule has 1 aliphatic rings. The second-order valence-electron chi connectivity index (χ2n) is 5.70. The second-order valence-corrected chi connectivity index (χ2v) is 7.42. The molecule has 22 heavy (non-hydrogen) atoms. The van der Waals surface area contributed by atoms with Crippen molar-refractivity contribution in [1.29, 1.82) is 0 Å². The molecule has 1 aromatic carbocycles. The first-order valence-electron chi connectivity index (χ1n) is 7.47. The molecule has 1 fully saturated rings. The van der Waals surface area contributed by atoms with Gasteiger partial charge < -0.3 is 4.42 Å². The van der Waals surface area contributed by atoms with E-state index >= 15 is 0 Å². The predicted octanol–water partition coefficient (Wildman–Crippen LogP) is 2.74. The summed E-state index contributed by atoms with van der Waals surface area (Å²) in [7, 11) is -3.55. The largest absolute Gasteiger partial charge is 0.407 e. The van der Waals surface area contributed by atoms with Gasteiger partial charge in [0.2, 0.25) is 15.9 Å². The van der Waals surface area contributed by atoms with Gasteiger partial charge in [0, 0.05) is 6.42 Å². The van der Waals surface area contributed by atoms with Gasteiger partial charge in [-0.2, -0.15) is 0 Å². The average molecular weight is 321 g/mol. The Balaban J connectivity index is 1.61. The van der Waals surface area contributed by atoms with Crippen LogP contribution in [-0.4, -0.2) is 18.6 Å². The Morgan fingerprint density at radius 2 is 1.86 bits per heavy atom. The molecule has 0 amide bonds. The van der Waals surface area contributed by atoms with Crippen molar-refractivity contribution in [3.8, 4) is 0 Å². The summed E-state index contributed by atoms with van der Waals surface area (Å²) >= 11 is 0. The lowest BCUT2D eigenvalue weighted by Crippen LogP contribution is -2.15. The van der Waals surface area contributed by atoms with E-state index in [0.29, 0.717) is 17.4 Å². The zero-order valence-electron chi connectivity index (χ0n) is 12.2. The number of rotatable bonds is 6. The smallest absolute Gasteiger partial charge is 0.329 e. The molecule has 1 aliphatic carbocycles. The minimum Gasteiger partial charge on any atom is -0.407 e. The average Bonchev–Trinajstić information content (AvgIpc) is 3.12. The minimum absolute atomic E-state index is 0.0519. The van der Waals surface area contributed by atoms with Gasteiger partial charge in [-0.05, 0) is 24.3 Å². The Kier molecular flexibility index (Phi) is 4.42. The minimum atomic E-state index is -3.55. The molecule has 118 valence electrons. The van der Waals surface area contributed by atoms with E-state index in [1.807, 2.05) is 6.07 Å². The highest BCUT2D eigenvalue weighted by atomic mass is 32.2. The highest BCUT2D eigenvalue weighted by molar-refractivity contribution is 7.91. The number of hydrogen-bond donors (Lipinski definition) is 1. The molecule has 1 N–H and O–H groups in total. The van der Waals surface area contributed by atoms with Gasteiger partial charge in [-0.15, -0.1) is 5.10 Å². The van der Waals surface area contributed by atoms with Crippen LogP contribution in [0.1, 0.15) is 37.1 Å². The maximum Gasteiger partial charge on any atom is 0.329 e. The topological polar surface area (TPSA) is 85.1 Å². The van der Waals surface area contributed by atoms with Crippen LogP contribution in [-0.2, 0) is 22.2 Å². The molecule has 1 saturated carbocycles. The summed E-state index contributed by atoms with van der Waals surface area (Å²) in [5.74, 6) is 0.965. The molecule has 0 radical (unpaired) electrons. The molecule has 6 nitrogen and oxygen atoms in total. The lowest BCUT2D eigenvalue weighted by molar-refractivity contribution is 0.439. The molecule has 0 saturated heterocycles. The number of aromatic nitrogens is 2. The summed E-state index contributed by atoms with van der Waals surface area (Å²) in [5.41, 5.74) is 0.709. The summed E-state index contributed by atoms with van der Waals surface area (Å²) in [5, 5.41) is 7.71. The SMILES string of the molecule is O=S(=O)(Cc1ccccc1)Nc1nnc(CC2CCCC2)o1. The van der Waals surface area contributed by atoms with E-state index < -0.39 is 10.0 Å². The third-order valence-electron chi connectivity index (χ3n) is 3.85. The van der Waals surface area contributed by atoms with Gasteiger partial charge >= 0.3 is 6.01 Å². The van der Waals surface area contributed by atoms with Gasteiger partial charge in [0.1, 0.15) is 0 Å². The molecule has 7 heteroatoms. The molecular formula is C15H19N3O3S. The molecule has 0 aliphatic heterocycles. The number of sulfonamides is 1. The number of benzene rings is 1. The van der Waals surface area contributed by atoms with E-state index in [-0.39, 0.29) is 11.8 Å². The Morgan fingerprint density at radius 1 is 1.14 bits per heavy atom. The van der Waals surface area contributed by atoms with Gasteiger partial charge in [0.05, 0.1) is 5.75 Å². The first kappa shape index (κ1) is 15.0. The number of hydrogen-bond acceptors (Lipinski definition) is 5. The number of nitrogens with zero attached hydrogens (tertiary/aromatic N) is 2. The van der Waals surface area contributed by atoms with Crippen molar-refractivity contribution in [3.63, 3.8) is 0 Å². The van der Waals surface area contributed by atoms with Crippen molar-refractivity contribution in [1.82, 2.24) is 10.2 Å². The Labute approximate surface area is 130 Å². The molecule has 0 unspecified atom stereocenters. The van der Waals surface area contributed by atoms with Crippen molar-refractivity contribution in [2.24, 2.45) is 5.92 Å². The highest BCUT2D eigenvalue weighted by Crippen LogP contribution is 2.28. The van der Waals surface area contributed by atoms with Gasteiger partial charge in [0.25, 0.3) is 0 Å². The zero-order valence-corrected chi connectivity index (χ0v) is 13.1. The molecule has 1 aromatic heterocycles. The molecule has 0 atom stereocenters. The number of anilines is 1. The quantitative estimate of drug-likeness (QED) is 0.884. The van der Waals surface area contributed by atoms with Crippen LogP contribution < -0.4 is 4.72 Å². The fourth-order valence-corrected chi connectivity index (χ4v) is 3.85. The van der Waals surface area contributed by atoms with Crippen molar-refractivity contribution in [3.05, 3.63) is 41.8 Å². The lowest BCUT2D eigenvalue weighted by atomic mass is 10.0. The third kappa shape index (κ3) is 4.07. The number of nitrogens with one attached hydrogen (secondary N) is 1. The van der Waals surface area contributed by atoms with E-state index in [1.165, 1.54) is 25.7 Å². The Hall–Kier alpha value is -1.89. The van der Waals surface area contributed by atoms with E-state index in [1.54, 1.807) is 24.3 Å². The molecule has 2 aromatic rings.